The van der Waals surface area contributed by atoms with Crippen LogP contribution in [0.25, 0.3) is 10.8 Å². The maximum Gasteiger partial charge on any atom is 0.327 e. The Hall–Kier alpha value is -3.99. The first-order valence-corrected chi connectivity index (χ1v) is 10.8. The first kappa shape index (κ1) is 19.7. The summed E-state index contributed by atoms with van der Waals surface area (Å²) in [6.45, 7) is 3.65. The molecule has 0 radical (unpaired) electrons. The molecule has 3 atom stereocenters. The van der Waals surface area contributed by atoms with Crippen LogP contribution in [0, 0.1) is 17.8 Å². The van der Waals surface area contributed by atoms with E-state index in [2.05, 4.69) is 0 Å². The van der Waals surface area contributed by atoms with Gasteiger partial charge in [-0.15, -0.1) is 0 Å². The molecule has 3 aromatic carbocycles. The summed E-state index contributed by atoms with van der Waals surface area (Å²) >= 11 is 0. The fourth-order valence-corrected chi connectivity index (χ4v) is 5.67. The van der Waals surface area contributed by atoms with Crippen molar-refractivity contribution >= 4 is 28.3 Å². The first-order valence-electron chi connectivity index (χ1n) is 10.8. The third kappa shape index (κ3) is 2.34. The van der Waals surface area contributed by atoms with Crippen molar-refractivity contribution in [3.8, 4) is 5.75 Å². The van der Waals surface area contributed by atoms with E-state index in [9.17, 15) is 14.4 Å². The second-order valence-electron chi connectivity index (χ2n) is 9.03. The lowest BCUT2D eigenvalue weighted by atomic mass is 9.83. The van der Waals surface area contributed by atoms with Gasteiger partial charge >= 0.3 is 5.97 Å². The van der Waals surface area contributed by atoms with Crippen molar-refractivity contribution in [3.63, 3.8) is 0 Å². The van der Waals surface area contributed by atoms with E-state index in [1.54, 1.807) is 31.2 Å². The largest absolute Gasteiger partial charge is 0.461 e. The molecule has 2 heterocycles. The number of hydrogen-bond acceptors (Lipinski definition) is 5. The van der Waals surface area contributed by atoms with E-state index in [1.807, 2.05) is 49.4 Å². The molecule has 2 aliphatic rings. The number of ketones is 2. The number of esters is 1. The molecule has 1 saturated carbocycles. The Morgan fingerprint density at radius 3 is 2.36 bits per heavy atom. The summed E-state index contributed by atoms with van der Waals surface area (Å²) in [7, 11) is 0. The number of benzene rings is 3. The van der Waals surface area contributed by atoms with Crippen molar-refractivity contribution in [3.05, 3.63) is 102 Å². The van der Waals surface area contributed by atoms with E-state index in [1.165, 1.54) is 12.3 Å². The predicted molar refractivity (Wildman–Crippen MR) is 121 cm³/mol. The SMILES string of the molecule is Cc1ccc(C(=O)[C@]2(C)[C@@H]3c4c(ccc5ccccc45)OC(=O)[C@]32C(=O)c2ccco2)cc1. The second kappa shape index (κ2) is 6.51. The number of fused-ring (bicyclic) bond motifs is 5. The van der Waals surface area contributed by atoms with Crippen LogP contribution in [0.4, 0.5) is 0 Å². The third-order valence-corrected chi connectivity index (χ3v) is 7.38. The summed E-state index contributed by atoms with van der Waals surface area (Å²) in [6, 6.07) is 21.7. The van der Waals surface area contributed by atoms with Gasteiger partial charge in [-0.25, -0.2) is 0 Å². The molecule has 1 aliphatic carbocycles. The Kier molecular flexibility index (Phi) is 3.88. The minimum atomic E-state index is -1.69. The topological polar surface area (TPSA) is 73.6 Å². The van der Waals surface area contributed by atoms with Gasteiger partial charge in [0.2, 0.25) is 5.78 Å². The molecule has 5 heteroatoms. The Balaban J connectivity index is 1.63. The molecule has 5 nitrogen and oxygen atoms in total. The Bertz CT molecular complexity index is 1460. The highest BCUT2D eigenvalue weighted by Gasteiger charge is 2.88. The van der Waals surface area contributed by atoms with Crippen molar-refractivity contribution in [1.82, 2.24) is 0 Å². The monoisotopic (exact) mass is 436 g/mol. The van der Waals surface area contributed by atoms with Gasteiger partial charge in [0.1, 0.15) is 5.75 Å². The highest BCUT2D eigenvalue weighted by molar-refractivity contribution is 6.25. The van der Waals surface area contributed by atoms with Crippen LogP contribution >= 0.6 is 0 Å². The molecule has 0 amide bonds. The van der Waals surface area contributed by atoms with Crippen LogP contribution in [0.1, 0.15) is 44.9 Å². The fourth-order valence-electron chi connectivity index (χ4n) is 5.67. The van der Waals surface area contributed by atoms with Gasteiger partial charge < -0.3 is 9.15 Å². The first-order chi connectivity index (χ1) is 15.9. The van der Waals surface area contributed by atoms with Gasteiger partial charge in [0.05, 0.1) is 11.7 Å². The lowest BCUT2D eigenvalue weighted by Gasteiger charge is -2.23. The van der Waals surface area contributed by atoms with E-state index in [0.29, 0.717) is 11.3 Å². The van der Waals surface area contributed by atoms with Gasteiger partial charge in [-0.05, 0) is 35.9 Å². The zero-order valence-electron chi connectivity index (χ0n) is 18.1. The molecule has 0 saturated heterocycles. The van der Waals surface area contributed by atoms with Crippen LogP contribution in [-0.4, -0.2) is 17.5 Å². The molecule has 1 aromatic heterocycles. The number of Topliss-reactive ketones (excluding diaryl/α,β-unsaturated/α-hetero) is 2. The van der Waals surface area contributed by atoms with Gasteiger partial charge in [-0.1, -0.05) is 67.1 Å². The molecule has 0 spiro atoms. The summed E-state index contributed by atoms with van der Waals surface area (Å²) in [6.07, 6.45) is 1.39. The summed E-state index contributed by atoms with van der Waals surface area (Å²) in [5, 5.41) is 1.81. The smallest absolute Gasteiger partial charge is 0.327 e. The Labute approximate surface area is 190 Å². The third-order valence-electron chi connectivity index (χ3n) is 7.38. The second-order valence-corrected chi connectivity index (χ2v) is 9.03. The fraction of sp³-hybridized carbons (Fsp3) is 0.179. The summed E-state index contributed by atoms with van der Waals surface area (Å²) in [4.78, 5) is 41.4. The van der Waals surface area contributed by atoms with E-state index >= 15 is 0 Å². The molecule has 1 fully saturated rings. The van der Waals surface area contributed by atoms with Gasteiger partial charge in [0.25, 0.3) is 0 Å². The number of rotatable bonds is 4. The van der Waals surface area contributed by atoms with Gasteiger partial charge in [-0.3, -0.25) is 14.4 Å². The van der Waals surface area contributed by atoms with E-state index in [0.717, 1.165) is 21.9 Å². The van der Waals surface area contributed by atoms with Crippen LogP contribution in [0.5, 0.6) is 5.75 Å². The Morgan fingerprint density at radius 1 is 0.879 bits per heavy atom. The number of furan rings is 1. The zero-order valence-corrected chi connectivity index (χ0v) is 18.1. The maximum absolute atomic E-state index is 14.0. The van der Waals surface area contributed by atoms with Gasteiger partial charge in [-0.2, -0.15) is 0 Å². The average molecular weight is 436 g/mol. The molecule has 162 valence electrons. The molecule has 6 rings (SSSR count). The normalized spacial score (nSPS) is 25.2. The average Bonchev–Trinajstić information content (AvgIpc) is 3.13. The number of carbonyl (C=O) groups excluding carboxylic acids is 3. The van der Waals surface area contributed by atoms with Crippen molar-refractivity contribution in [2.45, 2.75) is 19.8 Å². The number of hydrogen-bond donors (Lipinski definition) is 0. The van der Waals surface area contributed by atoms with Crippen LogP contribution in [-0.2, 0) is 4.79 Å². The highest BCUT2D eigenvalue weighted by Crippen LogP contribution is 2.79. The van der Waals surface area contributed by atoms with Crippen molar-refractivity contribution in [2.24, 2.45) is 10.8 Å². The number of aryl methyl sites for hydroxylation is 1. The van der Waals surface area contributed by atoms with Crippen molar-refractivity contribution in [1.29, 1.82) is 0 Å². The van der Waals surface area contributed by atoms with Crippen molar-refractivity contribution in [2.75, 3.05) is 0 Å². The van der Waals surface area contributed by atoms with Crippen LogP contribution < -0.4 is 4.74 Å². The summed E-state index contributed by atoms with van der Waals surface area (Å²) in [5.74, 6) is -1.72. The Morgan fingerprint density at radius 2 is 1.64 bits per heavy atom. The minimum Gasteiger partial charge on any atom is -0.461 e. The molecule has 0 unspecified atom stereocenters. The molecule has 1 aliphatic heterocycles. The maximum atomic E-state index is 14.0. The van der Waals surface area contributed by atoms with Gasteiger partial charge in [0.15, 0.2) is 17.0 Å². The molecule has 0 N–H and O–H groups in total. The summed E-state index contributed by atoms with van der Waals surface area (Å²) < 4.78 is 11.2. The van der Waals surface area contributed by atoms with Crippen molar-refractivity contribution < 1.29 is 23.5 Å². The standard InChI is InChI=1S/C28H20O5/c1-16-9-11-18(12-10-16)24(29)27(2)23-22-19-7-4-3-6-17(19)13-14-20(22)33-26(31)28(23,27)25(30)21-8-5-15-32-21/h3-15,23H,1-2H3/t23-,27-,28+/m0/s1. The summed E-state index contributed by atoms with van der Waals surface area (Å²) in [5.41, 5.74) is -0.820. The predicted octanol–water partition coefficient (Wildman–Crippen LogP) is 5.52. The molecular weight excluding hydrogens is 416 g/mol. The van der Waals surface area contributed by atoms with Crippen LogP contribution in [0.15, 0.2) is 83.5 Å². The van der Waals surface area contributed by atoms with E-state index < -0.39 is 28.5 Å². The lowest BCUT2D eigenvalue weighted by molar-refractivity contribution is -0.140. The zero-order chi connectivity index (χ0) is 23.0. The van der Waals surface area contributed by atoms with E-state index in [4.69, 9.17) is 9.15 Å². The highest BCUT2D eigenvalue weighted by atomic mass is 16.5. The number of ether oxygens (including phenoxy) is 1. The molecule has 4 aromatic rings. The molecular formula is C28H20O5. The quantitative estimate of drug-likeness (QED) is 0.182. The van der Waals surface area contributed by atoms with E-state index in [-0.39, 0.29) is 11.5 Å². The molecule has 0 bridgehead atoms. The number of carbonyl (C=O) groups is 3. The van der Waals surface area contributed by atoms with Crippen LogP contribution in [0.2, 0.25) is 0 Å². The molecule has 33 heavy (non-hydrogen) atoms. The van der Waals surface area contributed by atoms with Gasteiger partial charge in [0, 0.05) is 17.0 Å². The lowest BCUT2D eigenvalue weighted by Crippen LogP contribution is -2.39. The van der Waals surface area contributed by atoms with Crippen LogP contribution in [0.3, 0.4) is 0 Å². The minimum absolute atomic E-state index is 0.0427.